The minimum absolute atomic E-state index is 0.0703. The number of aryl methyl sites for hydroxylation is 1. The molecule has 1 saturated heterocycles. The number of benzene rings is 1. The predicted octanol–water partition coefficient (Wildman–Crippen LogP) is 4.70. The fourth-order valence-electron chi connectivity index (χ4n) is 4.07. The van der Waals surface area contributed by atoms with Crippen LogP contribution >= 0.6 is 11.3 Å². The highest BCUT2D eigenvalue weighted by atomic mass is 32.1. The summed E-state index contributed by atoms with van der Waals surface area (Å²) < 4.78 is 5.44. The second-order valence-corrected chi connectivity index (χ2v) is 9.23. The Bertz CT molecular complexity index is 1210. The van der Waals surface area contributed by atoms with Gasteiger partial charge in [-0.1, -0.05) is 30.3 Å². The molecule has 8 heteroatoms. The second-order valence-electron chi connectivity index (χ2n) is 8.15. The fourth-order valence-corrected chi connectivity index (χ4v) is 5.04. The predicted molar refractivity (Wildman–Crippen MR) is 129 cm³/mol. The molecule has 33 heavy (non-hydrogen) atoms. The third-order valence-electron chi connectivity index (χ3n) is 5.88. The van der Waals surface area contributed by atoms with E-state index in [1.54, 1.807) is 17.6 Å². The topological polar surface area (TPSA) is 84.2 Å². The number of carbonyl (C=O) groups is 1. The Balaban J connectivity index is 1.20. The summed E-state index contributed by atoms with van der Waals surface area (Å²) in [4.78, 5) is 20.7. The van der Waals surface area contributed by atoms with Crippen LogP contribution in [0.4, 0.5) is 5.82 Å². The summed E-state index contributed by atoms with van der Waals surface area (Å²) in [5.74, 6) is 1.56. The van der Waals surface area contributed by atoms with Gasteiger partial charge in [-0.15, -0.1) is 21.5 Å². The lowest BCUT2D eigenvalue weighted by molar-refractivity contribution is -0.125. The van der Waals surface area contributed by atoms with Gasteiger partial charge in [0.25, 0.3) is 0 Å². The number of anilines is 1. The van der Waals surface area contributed by atoms with Crippen molar-refractivity contribution in [3.8, 4) is 22.0 Å². The lowest BCUT2D eigenvalue weighted by Crippen LogP contribution is -2.43. The molecular weight excluding hydrogens is 434 g/mol. The van der Waals surface area contributed by atoms with E-state index in [1.807, 2.05) is 61.5 Å². The molecule has 1 N–H and O–H groups in total. The third kappa shape index (κ3) is 4.80. The van der Waals surface area contributed by atoms with E-state index >= 15 is 0 Å². The van der Waals surface area contributed by atoms with Crippen LogP contribution in [0.25, 0.3) is 22.0 Å². The highest BCUT2D eigenvalue weighted by Crippen LogP contribution is 2.28. The van der Waals surface area contributed by atoms with Crippen molar-refractivity contribution in [3.63, 3.8) is 0 Å². The molecule has 5 rings (SSSR count). The highest BCUT2D eigenvalue weighted by Gasteiger charge is 2.27. The standard InChI is InChI=1S/C25H25N5O2S/c1-17-22(33-25(27-17)21-10-6-14-32-21)15-26-24(31)19-9-5-13-30(16-19)23-12-11-20(28-29-23)18-7-3-2-4-8-18/h2-4,6-8,10-12,14,19H,5,9,13,15-16H2,1H3,(H,26,31). The first kappa shape index (κ1) is 21.3. The molecule has 1 amide bonds. The summed E-state index contributed by atoms with van der Waals surface area (Å²) in [5.41, 5.74) is 2.81. The number of amides is 1. The maximum absolute atomic E-state index is 12.9. The lowest BCUT2D eigenvalue weighted by atomic mass is 9.97. The van der Waals surface area contributed by atoms with Gasteiger partial charge in [-0.3, -0.25) is 4.79 Å². The van der Waals surface area contributed by atoms with Crippen LogP contribution in [0.15, 0.2) is 65.3 Å². The van der Waals surface area contributed by atoms with Crippen LogP contribution in [0, 0.1) is 12.8 Å². The van der Waals surface area contributed by atoms with Crippen LogP contribution < -0.4 is 10.2 Å². The number of rotatable bonds is 6. The molecule has 0 bridgehead atoms. The van der Waals surface area contributed by atoms with Crippen molar-refractivity contribution in [2.75, 3.05) is 18.0 Å². The number of thiazole rings is 1. The summed E-state index contributed by atoms with van der Waals surface area (Å²) >= 11 is 1.55. The Morgan fingerprint density at radius 1 is 1.15 bits per heavy atom. The Morgan fingerprint density at radius 3 is 2.79 bits per heavy atom. The summed E-state index contributed by atoms with van der Waals surface area (Å²) in [6.07, 6.45) is 3.46. The normalized spacial score (nSPS) is 16.0. The molecule has 7 nitrogen and oxygen atoms in total. The first-order valence-electron chi connectivity index (χ1n) is 11.1. The zero-order valence-corrected chi connectivity index (χ0v) is 19.2. The summed E-state index contributed by atoms with van der Waals surface area (Å²) in [7, 11) is 0. The van der Waals surface area contributed by atoms with Crippen LogP contribution in [0.3, 0.4) is 0 Å². The van der Waals surface area contributed by atoms with Gasteiger partial charge in [0.2, 0.25) is 5.91 Å². The molecule has 1 atom stereocenters. The second kappa shape index (κ2) is 9.54. The van der Waals surface area contributed by atoms with E-state index in [0.29, 0.717) is 13.1 Å². The van der Waals surface area contributed by atoms with Gasteiger partial charge in [0.05, 0.1) is 30.1 Å². The molecule has 1 aliphatic heterocycles. The quantitative estimate of drug-likeness (QED) is 0.450. The van der Waals surface area contributed by atoms with Gasteiger partial charge in [0.15, 0.2) is 16.6 Å². The van der Waals surface area contributed by atoms with Crippen molar-refractivity contribution in [1.29, 1.82) is 0 Å². The van der Waals surface area contributed by atoms with Gasteiger partial charge in [0, 0.05) is 23.5 Å². The fraction of sp³-hybridized carbons (Fsp3) is 0.280. The van der Waals surface area contributed by atoms with Gasteiger partial charge >= 0.3 is 0 Å². The monoisotopic (exact) mass is 459 g/mol. The average Bonchev–Trinajstić information content (AvgIpc) is 3.53. The van der Waals surface area contributed by atoms with Crippen LogP contribution in [-0.4, -0.2) is 34.2 Å². The van der Waals surface area contributed by atoms with Gasteiger partial charge in [-0.05, 0) is 44.0 Å². The maximum atomic E-state index is 12.9. The molecule has 168 valence electrons. The van der Waals surface area contributed by atoms with Gasteiger partial charge in [-0.25, -0.2) is 4.98 Å². The first-order chi connectivity index (χ1) is 16.2. The number of carbonyl (C=O) groups excluding carboxylic acids is 1. The van der Waals surface area contributed by atoms with Crippen LogP contribution in [0.2, 0.25) is 0 Å². The summed E-state index contributed by atoms with van der Waals surface area (Å²) in [5, 5.41) is 12.8. The van der Waals surface area contributed by atoms with E-state index in [-0.39, 0.29) is 11.8 Å². The number of furan rings is 1. The number of hydrogen-bond donors (Lipinski definition) is 1. The first-order valence-corrected chi connectivity index (χ1v) is 11.9. The van der Waals surface area contributed by atoms with E-state index in [0.717, 1.165) is 57.8 Å². The Labute approximate surface area is 196 Å². The minimum Gasteiger partial charge on any atom is -0.462 e. The van der Waals surface area contributed by atoms with E-state index < -0.39 is 0 Å². The molecule has 3 aromatic heterocycles. The molecule has 4 heterocycles. The van der Waals surface area contributed by atoms with Crippen molar-refractivity contribution < 1.29 is 9.21 Å². The van der Waals surface area contributed by atoms with E-state index in [4.69, 9.17) is 4.42 Å². The molecule has 1 aliphatic rings. The van der Waals surface area contributed by atoms with Crippen LogP contribution in [0.5, 0.6) is 0 Å². The van der Waals surface area contributed by atoms with E-state index in [2.05, 4.69) is 25.4 Å². The van der Waals surface area contributed by atoms with Gasteiger partial charge in [0.1, 0.15) is 0 Å². The highest BCUT2D eigenvalue weighted by molar-refractivity contribution is 7.15. The third-order valence-corrected chi connectivity index (χ3v) is 7.06. The number of aromatic nitrogens is 3. The Kier molecular flexibility index (Phi) is 6.17. The number of nitrogens with one attached hydrogen (secondary N) is 1. The van der Waals surface area contributed by atoms with Crippen molar-refractivity contribution in [2.24, 2.45) is 5.92 Å². The number of piperidine rings is 1. The summed E-state index contributed by atoms with van der Waals surface area (Å²) in [6.45, 7) is 3.96. The van der Waals surface area contributed by atoms with Crippen molar-refractivity contribution in [1.82, 2.24) is 20.5 Å². The molecule has 0 radical (unpaired) electrons. The van der Waals surface area contributed by atoms with Crippen LogP contribution in [0.1, 0.15) is 23.4 Å². The molecule has 1 unspecified atom stereocenters. The van der Waals surface area contributed by atoms with Crippen molar-refractivity contribution in [3.05, 3.63) is 71.4 Å². The minimum atomic E-state index is -0.0767. The Hall–Kier alpha value is -3.52. The van der Waals surface area contributed by atoms with E-state index in [1.165, 1.54) is 0 Å². The molecule has 0 aliphatic carbocycles. The van der Waals surface area contributed by atoms with Crippen molar-refractivity contribution in [2.45, 2.75) is 26.3 Å². The molecule has 0 saturated carbocycles. The molecule has 1 fully saturated rings. The SMILES string of the molecule is Cc1nc(-c2ccco2)sc1CNC(=O)C1CCCN(c2ccc(-c3ccccc3)nn2)C1. The number of hydrogen-bond acceptors (Lipinski definition) is 7. The largest absolute Gasteiger partial charge is 0.462 e. The van der Waals surface area contributed by atoms with Crippen LogP contribution in [-0.2, 0) is 11.3 Å². The zero-order valence-electron chi connectivity index (χ0n) is 18.4. The lowest BCUT2D eigenvalue weighted by Gasteiger charge is -2.32. The number of nitrogens with zero attached hydrogens (tertiary/aromatic N) is 4. The molecule has 0 spiro atoms. The molecular formula is C25H25N5O2S. The van der Waals surface area contributed by atoms with Gasteiger partial charge in [-0.2, -0.15) is 0 Å². The van der Waals surface area contributed by atoms with E-state index in [9.17, 15) is 4.79 Å². The molecule has 1 aromatic carbocycles. The van der Waals surface area contributed by atoms with Gasteiger partial charge < -0.3 is 14.6 Å². The average molecular weight is 460 g/mol. The molecule has 4 aromatic rings. The summed E-state index contributed by atoms with van der Waals surface area (Å²) in [6, 6.07) is 17.7. The van der Waals surface area contributed by atoms with Crippen molar-refractivity contribution >= 4 is 23.1 Å². The zero-order chi connectivity index (χ0) is 22.6. The smallest absolute Gasteiger partial charge is 0.225 e. The Morgan fingerprint density at radius 2 is 2.03 bits per heavy atom. The maximum Gasteiger partial charge on any atom is 0.225 e.